The summed E-state index contributed by atoms with van der Waals surface area (Å²) in [6.45, 7) is 0.126. The Bertz CT molecular complexity index is 943. The summed E-state index contributed by atoms with van der Waals surface area (Å²) in [6, 6.07) is 12.6. The van der Waals surface area contributed by atoms with Gasteiger partial charge in [0, 0.05) is 24.5 Å². The van der Waals surface area contributed by atoms with E-state index in [-0.39, 0.29) is 24.6 Å². The molecule has 0 aliphatic carbocycles. The number of aromatic nitrogens is 2. The van der Waals surface area contributed by atoms with Gasteiger partial charge in [-0.2, -0.15) is 5.10 Å². The summed E-state index contributed by atoms with van der Waals surface area (Å²) in [5.41, 5.74) is 1.09. The highest BCUT2D eigenvalue weighted by Gasteiger charge is 2.12. The van der Waals surface area contributed by atoms with E-state index in [0.717, 1.165) is 0 Å². The Kier molecular flexibility index (Phi) is 5.68. The summed E-state index contributed by atoms with van der Waals surface area (Å²) in [4.78, 5) is 22.4. The minimum Gasteiger partial charge on any atom is -0.493 e. The molecule has 2 aromatic carbocycles. The van der Waals surface area contributed by atoms with E-state index in [4.69, 9.17) is 16.3 Å². The second-order valence-electron chi connectivity index (χ2n) is 5.48. The molecule has 0 saturated carbocycles. The van der Waals surface area contributed by atoms with Crippen LogP contribution in [0.1, 0.15) is 6.42 Å². The van der Waals surface area contributed by atoms with Crippen molar-refractivity contribution in [2.24, 2.45) is 0 Å². The molecule has 0 unspecified atom stereocenters. The van der Waals surface area contributed by atoms with Gasteiger partial charge in [0.25, 0.3) is 5.69 Å². The van der Waals surface area contributed by atoms with E-state index >= 15 is 0 Å². The van der Waals surface area contributed by atoms with Crippen LogP contribution in [-0.2, 0) is 4.79 Å². The van der Waals surface area contributed by atoms with Gasteiger partial charge >= 0.3 is 0 Å². The third-order valence-corrected chi connectivity index (χ3v) is 3.94. The van der Waals surface area contributed by atoms with Crippen molar-refractivity contribution in [3.05, 3.63) is 76.1 Å². The van der Waals surface area contributed by atoms with Gasteiger partial charge in [-0.25, -0.2) is 4.68 Å². The smallest absolute Gasteiger partial charge is 0.269 e. The summed E-state index contributed by atoms with van der Waals surface area (Å²) < 4.78 is 7.02. The maximum Gasteiger partial charge on any atom is 0.269 e. The number of ether oxygens (including phenoxy) is 1. The lowest BCUT2D eigenvalue weighted by Crippen LogP contribution is -2.16. The molecule has 1 N–H and O–H groups in total. The number of carbonyl (C=O) groups excluding carboxylic acids is 1. The minimum atomic E-state index is -0.487. The van der Waals surface area contributed by atoms with Crippen LogP contribution in [0.2, 0.25) is 5.02 Å². The molecule has 0 bridgehead atoms. The van der Waals surface area contributed by atoms with Crippen LogP contribution >= 0.6 is 11.6 Å². The molecule has 138 valence electrons. The van der Waals surface area contributed by atoms with Crippen LogP contribution in [0.3, 0.4) is 0 Å². The van der Waals surface area contributed by atoms with Crippen molar-refractivity contribution in [3.63, 3.8) is 0 Å². The Balaban J connectivity index is 1.59. The first-order valence-corrected chi connectivity index (χ1v) is 8.38. The van der Waals surface area contributed by atoms with Gasteiger partial charge in [-0.15, -0.1) is 0 Å². The number of nitro benzene ring substituents is 1. The summed E-state index contributed by atoms with van der Waals surface area (Å²) >= 11 is 6.24. The number of hydrogen-bond donors (Lipinski definition) is 1. The molecule has 3 aromatic rings. The van der Waals surface area contributed by atoms with E-state index < -0.39 is 4.92 Å². The van der Waals surface area contributed by atoms with Gasteiger partial charge in [0.1, 0.15) is 11.4 Å². The second kappa shape index (κ2) is 8.33. The van der Waals surface area contributed by atoms with Crippen LogP contribution in [0.15, 0.2) is 60.9 Å². The Labute approximate surface area is 159 Å². The molecule has 0 saturated heterocycles. The second-order valence-corrected chi connectivity index (χ2v) is 5.89. The fourth-order valence-corrected chi connectivity index (χ4v) is 2.65. The Morgan fingerprint density at radius 3 is 2.67 bits per heavy atom. The number of benzene rings is 2. The van der Waals surface area contributed by atoms with Crippen LogP contribution in [0.4, 0.5) is 11.4 Å². The quantitative estimate of drug-likeness (QED) is 0.491. The van der Waals surface area contributed by atoms with E-state index in [0.29, 0.717) is 22.1 Å². The SMILES string of the molecule is O=C(CCOc1ccc([N+](=O)[O-])cc1)Nc1cccc(Cl)c1-n1cccn1. The molecule has 0 spiro atoms. The zero-order valence-corrected chi connectivity index (χ0v) is 14.8. The maximum atomic E-state index is 12.2. The first-order valence-electron chi connectivity index (χ1n) is 8.00. The van der Waals surface area contributed by atoms with E-state index in [2.05, 4.69) is 10.4 Å². The molecule has 0 fully saturated rings. The molecule has 27 heavy (non-hydrogen) atoms. The van der Waals surface area contributed by atoms with E-state index in [1.165, 1.54) is 24.3 Å². The number of anilines is 1. The number of non-ortho nitro benzene ring substituents is 1. The number of rotatable bonds is 7. The van der Waals surface area contributed by atoms with Crippen LogP contribution < -0.4 is 10.1 Å². The summed E-state index contributed by atoms with van der Waals surface area (Å²) in [7, 11) is 0. The normalized spacial score (nSPS) is 10.4. The van der Waals surface area contributed by atoms with Crippen molar-refractivity contribution in [1.29, 1.82) is 0 Å². The lowest BCUT2D eigenvalue weighted by atomic mass is 10.2. The molecule has 1 amide bonds. The molecule has 0 aliphatic rings. The summed E-state index contributed by atoms with van der Waals surface area (Å²) in [5.74, 6) is 0.195. The van der Waals surface area contributed by atoms with Crippen LogP contribution in [-0.4, -0.2) is 27.2 Å². The lowest BCUT2D eigenvalue weighted by Gasteiger charge is -2.13. The van der Waals surface area contributed by atoms with Gasteiger partial charge in [-0.1, -0.05) is 17.7 Å². The maximum absolute atomic E-state index is 12.2. The third-order valence-electron chi connectivity index (χ3n) is 3.64. The number of hydrogen-bond acceptors (Lipinski definition) is 5. The average Bonchev–Trinajstić information content (AvgIpc) is 3.16. The van der Waals surface area contributed by atoms with E-state index in [1.54, 1.807) is 41.3 Å². The highest BCUT2D eigenvalue weighted by molar-refractivity contribution is 6.33. The van der Waals surface area contributed by atoms with Crippen molar-refractivity contribution < 1.29 is 14.5 Å². The number of para-hydroxylation sites is 1. The molecular weight excluding hydrogens is 372 g/mol. The molecule has 1 aromatic heterocycles. The Morgan fingerprint density at radius 2 is 2.00 bits per heavy atom. The van der Waals surface area contributed by atoms with Crippen molar-refractivity contribution in [2.45, 2.75) is 6.42 Å². The van der Waals surface area contributed by atoms with Crippen LogP contribution in [0.25, 0.3) is 5.69 Å². The number of nitro groups is 1. The zero-order chi connectivity index (χ0) is 19.2. The third kappa shape index (κ3) is 4.62. The van der Waals surface area contributed by atoms with Crippen molar-refractivity contribution in [3.8, 4) is 11.4 Å². The molecular formula is C18H15ClN4O4. The molecule has 3 rings (SSSR count). The predicted molar refractivity (Wildman–Crippen MR) is 100 cm³/mol. The van der Waals surface area contributed by atoms with E-state index in [9.17, 15) is 14.9 Å². The minimum absolute atomic E-state index is 0.0211. The van der Waals surface area contributed by atoms with Gasteiger partial charge in [0.05, 0.1) is 28.7 Å². The number of amides is 1. The Morgan fingerprint density at radius 1 is 1.22 bits per heavy atom. The van der Waals surface area contributed by atoms with Gasteiger partial charge < -0.3 is 10.1 Å². The van der Waals surface area contributed by atoms with Crippen LogP contribution in [0.5, 0.6) is 5.75 Å². The number of halogens is 1. The molecule has 0 aliphatic heterocycles. The van der Waals surface area contributed by atoms with E-state index in [1.807, 2.05) is 0 Å². The van der Waals surface area contributed by atoms with Crippen molar-refractivity contribution >= 4 is 28.9 Å². The monoisotopic (exact) mass is 386 g/mol. The predicted octanol–water partition coefficient (Wildman–Crippen LogP) is 3.84. The summed E-state index contributed by atoms with van der Waals surface area (Å²) in [5, 5.41) is 18.0. The molecule has 1 heterocycles. The van der Waals surface area contributed by atoms with Crippen LogP contribution in [0, 0.1) is 10.1 Å². The molecule has 9 heteroatoms. The number of nitrogens with zero attached hydrogens (tertiary/aromatic N) is 3. The van der Waals surface area contributed by atoms with Crippen molar-refractivity contribution in [1.82, 2.24) is 9.78 Å². The molecule has 8 nitrogen and oxygen atoms in total. The van der Waals surface area contributed by atoms with Crippen molar-refractivity contribution in [2.75, 3.05) is 11.9 Å². The number of carbonyl (C=O) groups is 1. The standard InChI is InChI=1S/C18H15ClN4O4/c19-15-3-1-4-16(18(15)22-11-2-10-20-22)21-17(24)9-12-27-14-7-5-13(6-8-14)23(25)26/h1-8,10-11H,9,12H2,(H,21,24). The van der Waals surface area contributed by atoms with Gasteiger partial charge in [0.2, 0.25) is 5.91 Å². The number of nitrogens with one attached hydrogen (secondary N) is 1. The van der Waals surface area contributed by atoms with Gasteiger partial charge in [-0.05, 0) is 30.3 Å². The first kappa shape index (κ1) is 18.4. The fourth-order valence-electron chi connectivity index (χ4n) is 2.39. The summed E-state index contributed by atoms with van der Waals surface area (Å²) in [6.07, 6.45) is 3.45. The molecule has 0 radical (unpaired) electrons. The molecule has 0 atom stereocenters. The topological polar surface area (TPSA) is 99.3 Å². The highest BCUT2D eigenvalue weighted by atomic mass is 35.5. The van der Waals surface area contributed by atoms with Gasteiger partial charge in [0.15, 0.2) is 0 Å². The fraction of sp³-hybridized carbons (Fsp3) is 0.111. The average molecular weight is 387 g/mol. The zero-order valence-electron chi connectivity index (χ0n) is 14.0. The highest BCUT2D eigenvalue weighted by Crippen LogP contribution is 2.28. The first-order chi connectivity index (χ1) is 13.0. The largest absolute Gasteiger partial charge is 0.493 e. The Hall–Kier alpha value is -3.39. The van der Waals surface area contributed by atoms with Gasteiger partial charge in [-0.3, -0.25) is 14.9 Å². The lowest BCUT2D eigenvalue weighted by molar-refractivity contribution is -0.384.